The van der Waals surface area contributed by atoms with E-state index in [2.05, 4.69) is 0 Å². The Morgan fingerprint density at radius 2 is 1.68 bits per heavy atom. The first-order valence-corrected chi connectivity index (χ1v) is 7.71. The van der Waals surface area contributed by atoms with Gasteiger partial charge in [0.15, 0.2) is 0 Å². The zero-order valence-corrected chi connectivity index (χ0v) is 12.1. The predicted molar refractivity (Wildman–Crippen MR) is 71.7 cm³/mol. The maximum absolute atomic E-state index is 11.9. The average molecular weight is 286 g/mol. The highest BCUT2D eigenvalue weighted by Gasteiger charge is 2.29. The molecule has 0 unspecified atom stereocenters. The minimum atomic E-state index is -3.75. The highest BCUT2D eigenvalue weighted by atomic mass is 31.2. The summed E-state index contributed by atoms with van der Waals surface area (Å²) >= 11 is 0. The Balaban J connectivity index is 2.47. The third kappa shape index (κ3) is 6.01. The van der Waals surface area contributed by atoms with Gasteiger partial charge in [0, 0.05) is 6.42 Å². The van der Waals surface area contributed by atoms with Crippen molar-refractivity contribution in [1.29, 1.82) is 0 Å². The molecule has 0 aliphatic heterocycles. The first kappa shape index (κ1) is 15.9. The molecule has 0 spiro atoms. The fourth-order valence-electron chi connectivity index (χ4n) is 1.47. The quantitative estimate of drug-likeness (QED) is 0.686. The SMILES string of the molecule is CCOP(=O)(OCC)OC(=O)CCc1ccccc1. The van der Waals surface area contributed by atoms with E-state index in [1.54, 1.807) is 13.8 Å². The molecule has 0 aromatic heterocycles. The van der Waals surface area contributed by atoms with Gasteiger partial charge in [-0.05, 0) is 25.8 Å². The van der Waals surface area contributed by atoms with Crippen LogP contribution in [0.15, 0.2) is 30.3 Å². The molecule has 0 atom stereocenters. The number of aryl methyl sites for hydroxylation is 1. The van der Waals surface area contributed by atoms with Gasteiger partial charge < -0.3 is 4.52 Å². The van der Waals surface area contributed by atoms with E-state index in [4.69, 9.17) is 13.6 Å². The Morgan fingerprint density at radius 1 is 1.11 bits per heavy atom. The maximum atomic E-state index is 11.9. The van der Waals surface area contributed by atoms with Gasteiger partial charge in [0.1, 0.15) is 0 Å². The van der Waals surface area contributed by atoms with Crippen molar-refractivity contribution in [2.75, 3.05) is 13.2 Å². The van der Waals surface area contributed by atoms with Crippen LogP contribution < -0.4 is 0 Å². The van der Waals surface area contributed by atoms with Crippen molar-refractivity contribution in [2.24, 2.45) is 0 Å². The van der Waals surface area contributed by atoms with Gasteiger partial charge in [-0.1, -0.05) is 30.3 Å². The fraction of sp³-hybridized carbons (Fsp3) is 0.462. The van der Waals surface area contributed by atoms with Gasteiger partial charge >= 0.3 is 13.8 Å². The summed E-state index contributed by atoms with van der Waals surface area (Å²) in [6.07, 6.45) is 0.659. The molecule has 1 rings (SSSR count). The lowest BCUT2D eigenvalue weighted by Crippen LogP contribution is -2.08. The number of carbonyl (C=O) groups excluding carboxylic acids is 1. The topological polar surface area (TPSA) is 61.8 Å². The van der Waals surface area contributed by atoms with Crippen LogP contribution in [0, 0.1) is 0 Å². The van der Waals surface area contributed by atoms with E-state index in [9.17, 15) is 9.36 Å². The second-order valence-corrected chi connectivity index (χ2v) is 5.33. The molecule has 0 aliphatic rings. The number of phosphoric acid groups is 1. The van der Waals surface area contributed by atoms with Crippen molar-refractivity contribution in [3.63, 3.8) is 0 Å². The van der Waals surface area contributed by atoms with Crippen molar-refractivity contribution in [3.05, 3.63) is 35.9 Å². The van der Waals surface area contributed by atoms with Crippen LogP contribution in [0.2, 0.25) is 0 Å². The molecular formula is C13H19O5P. The van der Waals surface area contributed by atoms with Crippen molar-refractivity contribution < 1.29 is 22.9 Å². The molecule has 0 N–H and O–H groups in total. The zero-order chi connectivity index (χ0) is 14.1. The van der Waals surface area contributed by atoms with Gasteiger partial charge in [-0.15, -0.1) is 0 Å². The molecule has 0 heterocycles. The summed E-state index contributed by atoms with van der Waals surface area (Å²) in [5.41, 5.74) is 1.02. The Hall–Kier alpha value is -1.16. The van der Waals surface area contributed by atoms with Crippen molar-refractivity contribution in [1.82, 2.24) is 0 Å². The van der Waals surface area contributed by atoms with Crippen LogP contribution >= 0.6 is 7.82 Å². The van der Waals surface area contributed by atoms with Gasteiger partial charge in [-0.2, -0.15) is 0 Å². The lowest BCUT2D eigenvalue weighted by Gasteiger charge is -2.15. The number of carbonyl (C=O) groups is 1. The summed E-state index contributed by atoms with van der Waals surface area (Å²) < 4.78 is 26.5. The smallest absolute Gasteiger partial charge is 0.370 e. The molecule has 0 saturated carbocycles. The van der Waals surface area contributed by atoms with E-state index < -0.39 is 13.8 Å². The molecule has 1 aromatic rings. The molecule has 0 saturated heterocycles. The fourth-order valence-corrected chi connectivity index (χ4v) is 2.62. The Bertz CT molecular complexity index is 422. The van der Waals surface area contributed by atoms with Gasteiger partial charge in [0.25, 0.3) is 0 Å². The van der Waals surface area contributed by atoms with Crippen molar-refractivity contribution >= 4 is 13.8 Å². The van der Waals surface area contributed by atoms with E-state index in [1.807, 2.05) is 30.3 Å². The van der Waals surface area contributed by atoms with Crippen LogP contribution in [0.4, 0.5) is 0 Å². The summed E-state index contributed by atoms with van der Waals surface area (Å²) in [6.45, 7) is 3.62. The monoisotopic (exact) mass is 286 g/mol. The molecule has 0 amide bonds. The molecular weight excluding hydrogens is 267 g/mol. The summed E-state index contributed by atoms with van der Waals surface area (Å²) in [5.74, 6) is -0.589. The van der Waals surface area contributed by atoms with Gasteiger partial charge in [-0.25, -0.2) is 4.57 Å². The molecule has 0 radical (unpaired) electrons. The second-order valence-electron chi connectivity index (χ2n) is 3.73. The van der Waals surface area contributed by atoms with Crippen LogP contribution in [0.5, 0.6) is 0 Å². The number of hydrogen-bond acceptors (Lipinski definition) is 5. The minimum Gasteiger partial charge on any atom is -0.370 e. The number of hydrogen-bond donors (Lipinski definition) is 0. The standard InChI is InChI=1S/C13H19O5P/c1-3-16-19(15,17-4-2)18-13(14)11-10-12-8-6-5-7-9-12/h5-9H,3-4,10-11H2,1-2H3. The van der Waals surface area contributed by atoms with E-state index in [0.29, 0.717) is 6.42 Å². The van der Waals surface area contributed by atoms with E-state index in [1.165, 1.54) is 0 Å². The predicted octanol–water partition coefficient (Wildman–Crippen LogP) is 3.34. The lowest BCUT2D eigenvalue weighted by molar-refractivity contribution is -0.136. The highest BCUT2D eigenvalue weighted by Crippen LogP contribution is 2.49. The van der Waals surface area contributed by atoms with Gasteiger partial charge in [0.2, 0.25) is 0 Å². The minimum absolute atomic E-state index is 0.133. The Morgan fingerprint density at radius 3 is 2.21 bits per heavy atom. The van der Waals surface area contributed by atoms with E-state index >= 15 is 0 Å². The lowest BCUT2D eigenvalue weighted by atomic mass is 10.1. The zero-order valence-electron chi connectivity index (χ0n) is 11.2. The highest BCUT2D eigenvalue weighted by molar-refractivity contribution is 7.49. The van der Waals surface area contributed by atoms with Gasteiger partial charge in [-0.3, -0.25) is 13.8 Å². The summed E-state index contributed by atoms with van der Waals surface area (Å²) in [5, 5.41) is 0. The summed E-state index contributed by atoms with van der Waals surface area (Å²) in [4.78, 5) is 11.6. The normalized spacial score (nSPS) is 11.3. The van der Waals surface area contributed by atoms with Crippen molar-refractivity contribution in [3.8, 4) is 0 Å². The first-order chi connectivity index (χ1) is 9.09. The number of benzene rings is 1. The van der Waals surface area contributed by atoms with Crippen LogP contribution in [0.3, 0.4) is 0 Å². The Labute approximate surface area is 113 Å². The van der Waals surface area contributed by atoms with Crippen LogP contribution in [-0.2, 0) is 29.4 Å². The number of rotatable bonds is 8. The van der Waals surface area contributed by atoms with Gasteiger partial charge in [0.05, 0.1) is 13.2 Å². The second kappa shape index (κ2) is 8.10. The van der Waals surface area contributed by atoms with Crippen LogP contribution in [0.1, 0.15) is 25.8 Å². The molecule has 6 heteroatoms. The molecule has 5 nitrogen and oxygen atoms in total. The summed E-state index contributed by atoms with van der Waals surface area (Å²) in [6, 6.07) is 9.52. The average Bonchev–Trinajstić information content (AvgIpc) is 2.38. The third-order valence-electron chi connectivity index (χ3n) is 2.25. The molecule has 0 fully saturated rings. The molecule has 106 valence electrons. The van der Waals surface area contributed by atoms with Crippen LogP contribution in [-0.4, -0.2) is 19.2 Å². The molecule has 19 heavy (non-hydrogen) atoms. The first-order valence-electron chi connectivity index (χ1n) is 6.25. The van der Waals surface area contributed by atoms with E-state index in [0.717, 1.165) is 5.56 Å². The van der Waals surface area contributed by atoms with Crippen molar-refractivity contribution in [2.45, 2.75) is 26.7 Å². The molecule has 1 aromatic carbocycles. The third-order valence-corrected chi connectivity index (χ3v) is 3.82. The molecule has 0 bridgehead atoms. The maximum Gasteiger partial charge on any atom is 0.532 e. The summed E-state index contributed by atoms with van der Waals surface area (Å²) in [7, 11) is -3.75. The number of phosphoric ester groups is 1. The largest absolute Gasteiger partial charge is 0.532 e. The van der Waals surface area contributed by atoms with Crippen LogP contribution in [0.25, 0.3) is 0 Å². The molecule has 0 aliphatic carbocycles. The Kier molecular flexibility index (Phi) is 6.78. The van der Waals surface area contributed by atoms with E-state index in [-0.39, 0.29) is 19.6 Å².